The van der Waals surface area contributed by atoms with Crippen molar-refractivity contribution >= 4 is 17.6 Å². The van der Waals surface area contributed by atoms with E-state index in [2.05, 4.69) is 32.9 Å². The predicted octanol–water partition coefficient (Wildman–Crippen LogP) is 5.50. The molecule has 0 spiro atoms. The van der Waals surface area contributed by atoms with Gasteiger partial charge in [0.2, 0.25) is 5.91 Å². The topological polar surface area (TPSA) is 66.8 Å². The minimum absolute atomic E-state index is 0.0613. The van der Waals surface area contributed by atoms with E-state index >= 15 is 0 Å². The van der Waals surface area contributed by atoms with Crippen LogP contribution >= 0.6 is 0 Å². The summed E-state index contributed by atoms with van der Waals surface area (Å²) in [6, 6.07) is 10.3. The zero-order chi connectivity index (χ0) is 22.9. The smallest absolute Gasteiger partial charge is 0.303 e. The van der Waals surface area contributed by atoms with Gasteiger partial charge in [-0.25, -0.2) is 0 Å². The van der Waals surface area contributed by atoms with Crippen LogP contribution in [0.5, 0.6) is 5.75 Å². The van der Waals surface area contributed by atoms with Crippen molar-refractivity contribution in [1.29, 1.82) is 0 Å². The summed E-state index contributed by atoms with van der Waals surface area (Å²) < 4.78 is 5.91. The summed E-state index contributed by atoms with van der Waals surface area (Å²) in [5.41, 5.74) is 5.92. The molecule has 5 nitrogen and oxygen atoms in total. The number of hydrogen-bond acceptors (Lipinski definition) is 3. The van der Waals surface area contributed by atoms with E-state index < -0.39 is 5.97 Å². The second-order valence-electron chi connectivity index (χ2n) is 9.26. The molecule has 166 valence electrons. The van der Waals surface area contributed by atoms with Gasteiger partial charge < -0.3 is 14.7 Å². The van der Waals surface area contributed by atoms with Crippen LogP contribution in [0.2, 0.25) is 0 Å². The number of hydrogen-bond donors (Lipinski definition) is 1. The number of carbonyl (C=O) groups excluding carboxylic acids is 1. The molecule has 3 rings (SSSR count). The van der Waals surface area contributed by atoms with Crippen LogP contribution in [0, 0.1) is 6.92 Å². The van der Waals surface area contributed by atoms with E-state index in [1.807, 2.05) is 43.9 Å². The number of nitrogens with zero attached hydrogens (tertiary/aromatic N) is 1. The number of carbonyl (C=O) groups is 2. The lowest BCUT2D eigenvalue weighted by molar-refractivity contribution is -0.137. The van der Waals surface area contributed by atoms with Gasteiger partial charge in [-0.2, -0.15) is 0 Å². The second kappa shape index (κ2) is 8.74. The highest BCUT2D eigenvalue weighted by molar-refractivity contribution is 5.99. The number of aliphatic carboxylic acids is 1. The molecule has 1 aliphatic heterocycles. The number of fused-ring (bicyclic) bond motifs is 1. The Hall–Kier alpha value is -2.82. The molecule has 0 saturated heterocycles. The van der Waals surface area contributed by atoms with Crippen LogP contribution in [0.15, 0.2) is 30.3 Å². The lowest BCUT2D eigenvalue weighted by Gasteiger charge is -2.41. The van der Waals surface area contributed by atoms with Gasteiger partial charge in [0.05, 0.1) is 6.61 Å². The summed E-state index contributed by atoms with van der Waals surface area (Å²) in [6.45, 7) is 12.9. The molecule has 0 atom stereocenters. The highest BCUT2D eigenvalue weighted by atomic mass is 16.5. The molecule has 5 heteroatoms. The van der Waals surface area contributed by atoms with Crippen LogP contribution in [0.25, 0.3) is 11.1 Å². The van der Waals surface area contributed by atoms with Crippen molar-refractivity contribution in [3.05, 3.63) is 47.0 Å². The Morgan fingerprint density at radius 3 is 2.52 bits per heavy atom. The standard InChI is InChI=1S/C26H33NO4/c1-7-31-23-10-8-18(9-11-25(29)30)13-20(23)19-14-22-21(12-17(19)4)26(5,6)15-24(28)27(22)16(2)3/h8,10,12-14,16H,7,9,11,15H2,1-6H3,(H,29,30). The Kier molecular flexibility index (Phi) is 6.44. The molecule has 0 fully saturated rings. The van der Waals surface area contributed by atoms with Crippen LogP contribution in [-0.2, 0) is 21.4 Å². The van der Waals surface area contributed by atoms with Crippen molar-refractivity contribution in [2.45, 2.75) is 72.3 Å². The molecule has 31 heavy (non-hydrogen) atoms. The minimum Gasteiger partial charge on any atom is -0.493 e. The summed E-state index contributed by atoms with van der Waals surface area (Å²) in [4.78, 5) is 25.9. The maximum absolute atomic E-state index is 13.0. The molecule has 0 unspecified atom stereocenters. The summed E-state index contributed by atoms with van der Waals surface area (Å²) in [6.07, 6.45) is 1.04. The molecule has 1 amide bonds. The first kappa shape index (κ1) is 22.9. The van der Waals surface area contributed by atoms with Crippen LogP contribution in [0.3, 0.4) is 0 Å². The number of rotatable bonds is 7. The van der Waals surface area contributed by atoms with Crippen molar-refractivity contribution in [3.63, 3.8) is 0 Å². The average molecular weight is 424 g/mol. The van der Waals surface area contributed by atoms with E-state index in [0.717, 1.165) is 33.7 Å². The van der Waals surface area contributed by atoms with Gasteiger partial charge in [0.1, 0.15) is 5.75 Å². The Bertz CT molecular complexity index is 1010. The van der Waals surface area contributed by atoms with Gasteiger partial charge in [-0.1, -0.05) is 26.0 Å². The van der Waals surface area contributed by atoms with E-state index in [1.165, 1.54) is 5.56 Å². The number of anilines is 1. The third-order valence-corrected chi connectivity index (χ3v) is 5.97. The lowest BCUT2D eigenvalue weighted by atomic mass is 9.75. The van der Waals surface area contributed by atoms with Gasteiger partial charge in [-0.15, -0.1) is 0 Å². The fourth-order valence-corrected chi connectivity index (χ4v) is 4.46. The van der Waals surface area contributed by atoms with Gasteiger partial charge in [-0.3, -0.25) is 9.59 Å². The van der Waals surface area contributed by atoms with Gasteiger partial charge in [0.25, 0.3) is 0 Å². The van der Waals surface area contributed by atoms with Crippen molar-refractivity contribution in [2.75, 3.05) is 11.5 Å². The lowest BCUT2D eigenvalue weighted by Crippen LogP contribution is -2.45. The van der Waals surface area contributed by atoms with Crippen molar-refractivity contribution in [1.82, 2.24) is 0 Å². The monoisotopic (exact) mass is 423 g/mol. The molecule has 0 radical (unpaired) electrons. The Morgan fingerprint density at radius 2 is 1.90 bits per heavy atom. The summed E-state index contributed by atoms with van der Waals surface area (Å²) >= 11 is 0. The molecule has 0 bridgehead atoms. The maximum atomic E-state index is 13.0. The Morgan fingerprint density at radius 1 is 1.19 bits per heavy atom. The van der Waals surface area contributed by atoms with Crippen LogP contribution in [0.4, 0.5) is 5.69 Å². The van der Waals surface area contributed by atoms with Crippen molar-refractivity contribution in [3.8, 4) is 16.9 Å². The molecular formula is C26H33NO4. The second-order valence-corrected chi connectivity index (χ2v) is 9.26. The summed E-state index contributed by atoms with van der Waals surface area (Å²) in [5.74, 6) is 0.0957. The van der Waals surface area contributed by atoms with E-state index in [9.17, 15) is 9.59 Å². The van der Waals surface area contributed by atoms with Gasteiger partial charge >= 0.3 is 5.97 Å². The highest BCUT2D eigenvalue weighted by Gasteiger charge is 2.38. The average Bonchev–Trinajstić information content (AvgIpc) is 2.67. The predicted molar refractivity (Wildman–Crippen MR) is 124 cm³/mol. The molecule has 1 aliphatic rings. The first-order valence-electron chi connectivity index (χ1n) is 11.0. The Labute approximate surface area is 185 Å². The van der Waals surface area contributed by atoms with Gasteiger partial charge in [0.15, 0.2) is 0 Å². The summed E-state index contributed by atoms with van der Waals surface area (Å²) in [7, 11) is 0. The molecule has 2 aromatic carbocycles. The zero-order valence-corrected chi connectivity index (χ0v) is 19.4. The fraction of sp³-hybridized carbons (Fsp3) is 0.462. The van der Waals surface area contributed by atoms with E-state index in [1.54, 1.807) is 0 Å². The fourth-order valence-electron chi connectivity index (χ4n) is 4.46. The molecule has 2 aromatic rings. The van der Waals surface area contributed by atoms with E-state index in [0.29, 0.717) is 19.4 Å². The highest BCUT2D eigenvalue weighted by Crippen LogP contribution is 2.45. The SMILES string of the molecule is CCOc1ccc(CCC(=O)O)cc1-c1cc2c(cc1C)C(C)(C)CC(=O)N2C(C)C. The third-order valence-electron chi connectivity index (χ3n) is 5.97. The number of amides is 1. The molecule has 1 heterocycles. The molecule has 0 aliphatic carbocycles. The van der Waals surface area contributed by atoms with Gasteiger partial charge in [0, 0.05) is 35.5 Å². The largest absolute Gasteiger partial charge is 0.493 e. The van der Waals surface area contributed by atoms with Crippen molar-refractivity contribution in [2.24, 2.45) is 0 Å². The van der Waals surface area contributed by atoms with Crippen molar-refractivity contribution < 1.29 is 19.4 Å². The number of carboxylic acids is 1. The van der Waals surface area contributed by atoms with Crippen LogP contribution < -0.4 is 9.64 Å². The summed E-state index contributed by atoms with van der Waals surface area (Å²) in [5, 5.41) is 9.07. The van der Waals surface area contributed by atoms with E-state index in [4.69, 9.17) is 9.84 Å². The number of aryl methyl sites for hydroxylation is 2. The van der Waals surface area contributed by atoms with Crippen LogP contribution in [-0.4, -0.2) is 29.6 Å². The number of carboxylic acid groups (broad SMARTS) is 1. The van der Waals surface area contributed by atoms with Crippen LogP contribution in [0.1, 0.15) is 64.2 Å². The third kappa shape index (κ3) is 4.60. The first-order valence-corrected chi connectivity index (χ1v) is 11.0. The molecular weight excluding hydrogens is 390 g/mol. The normalized spacial score (nSPS) is 15.2. The maximum Gasteiger partial charge on any atom is 0.303 e. The number of benzene rings is 2. The quantitative estimate of drug-likeness (QED) is 0.638. The number of ether oxygens (including phenoxy) is 1. The molecule has 0 aromatic heterocycles. The molecule has 0 saturated carbocycles. The van der Waals surface area contributed by atoms with Gasteiger partial charge in [-0.05, 0) is 74.6 Å². The zero-order valence-electron chi connectivity index (χ0n) is 19.4. The Balaban J connectivity index is 2.20. The van der Waals surface area contributed by atoms with E-state index in [-0.39, 0.29) is 23.8 Å². The molecule has 1 N–H and O–H groups in total. The minimum atomic E-state index is -0.811. The first-order chi connectivity index (χ1) is 14.5.